The molecule has 6 nitrogen and oxygen atoms in total. The Hall–Kier alpha value is -1.43. The number of hydrogen-bond donors (Lipinski definition) is 2. The Bertz CT molecular complexity index is 375. The second kappa shape index (κ2) is 6.14. The Labute approximate surface area is 111 Å². The smallest absolute Gasteiger partial charge is 0.326 e. The van der Waals surface area contributed by atoms with Crippen LogP contribution in [0.2, 0.25) is 0 Å². The first-order valence-electron chi connectivity index (χ1n) is 6.74. The first-order valence-corrected chi connectivity index (χ1v) is 6.74. The summed E-state index contributed by atoms with van der Waals surface area (Å²) < 4.78 is 5.23. The molecule has 6 heteroatoms. The molecule has 3 atom stereocenters. The van der Waals surface area contributed by atoms with Crippen molar-refractivity contribution >= 4 is 17.7 Å². The zero-order valence-electron chi connectivity index (χ0n) is 10.8. The van der Waals surface area contributed by atoms with Gasteiger partial charge in [-0.15, -0.1) is 0 Å². The Morgan fingerprint density at radius 2 is 2.11 bits per heavy atom. The van der Waals surface area contributed by atoms with Crippen molar-refractivity contribution in [2.75, 3.05) is 6.61 Å². The molecule has 1 amide bonds. The van der Waals surface area contributed by atoms with E-state index in [0.717, 1.165) is 6.42 Å². The van der Waals surface area contributed by atoms with Gasteiger partial charge in [0, 0.05) is 19.4 Å². The lowest BCUT2D eigenvalue weighted by atomic mass is 9.83. The highest BCUT2D eigenvalue weighted by Gasteiger charge is 2.35. The summed E-state index contributed by atoms with van der Waals surface area (Å²) in [6.45, 7) is 0.539. The molecule has 1 aliphatic heterocycles. The van der Waals surface area contributed by atoms with Crippen LogP contribution in [0.3, 0.4) is 0 Å². The topological polar surface area (TPSA) is 92.7 Å². The molecule has 0 aromatic rings. The summed E-state index contributed by atoms with van der Waals surface area (Å²) in [5.74, 6) is -1.67. The summed E-state index contributed by atoms with van der Waals surface area (Å²) in [6.07, 6.45) is 3.02. The van der Waals surface area contributed by atoms with E-state index in [1.165, 1.54) is 0 Å². The standard InChI is InChI=1S/C13H19NO5/c15-9-4-1-3-8(7-9)11(13(17)18)14-12(16)10-5-2-6-19-10/h8,10-11H,1-7H2,(H,14,16)(H,17,18)/t8-,10-,11+/m1/s1. The minimum atomic E-state index is -1.08. The molecule has 0 bridgehead atoms. The van der Waals surface area contributed by atoms with Crippen LogP contribution in [0, 0.1) is 5.92 Å². The number of rotatable bonds is 4. The van der Waals surface area contributed by atoms with Crippen molar-refractivity contribution < 1.29 is 24.2 Å². The zero-order valence-corrected chi connectivity index (χ0v) is 10.8. The maximum absolute atomic E-state index is 11.9. The van der Waals surface area contributed by atoms with Crippen LogP contribution in [0.5, 0.6) is 0 Å². The Kier molecular flexibility index (Phi) is 4.52. The first-order chi connectivity index (χ1) is 9.08. The van der Waals surface area contributed by atoms with E-state index in [4.69, 9.17) is 4.74 Å². The van der Waals surface area contributed by atoms with Crippen molar-refractivity contribution in [1.29, 1.82) is 0 Å². The lowest BCUT2D eigenvalue weighted by molar-refractivity contribution is -0.146. The van der Waals surface area contributed by atoms with Crippen LogP contribution in [-0.4, -0.2) is 41.5 Å². The summed E-state index contributed by atoms with van der Waals surface area (Å²) in [7, 11) is 0. The molecular weight excluding hydrogens is 250 g/mol. The number of ketones is 1. The minimum Gasteiger partial charge on any atom is -0.480 e. The molecule has 2 aliphatic rings. The maximum Gasteiger partial charge on any atom is 0.326 e. The Morgan fingerprint density at radius 3 is 2.68 bits per heavy atom. The number of carboxylic acid groups (broad SMARTS) is 1. The van der Waals surface area contributed by atoms with Gasteiger partial charge in [-0.05, 0) is 31.6 Å². The highest BCUT2D eigenvalue weighted by atomic mass is 16.5. The summed E-state index contributed by atoms with van der Waals surface area (Å²) >= 11 is 0. The highest BCUT2D eigenvalue weighted by Crippen LogP contribution is 2.25. The number of ether oxygens (including phenoxy) is 1. The highest BCUT2D eigenvalue weighted by molar-refractivity contribution is 5.87. The van der Waals surface area contributed by atoms with E-state index in [0.29, 0.717) is 32.3 Å². The van der Waals surface area contributed by atoms with Gasteiger partial charge in [0.1, 0.15) is 17.9 Å². The lowest BCUT2D eigenvalue weighted by Gasteiger charge is -2.28. The van der Waals surface area contributed by atoms with Crippen LogP contribution in [0.1, 0.15) is 38.5 Å². The second-order valence-electron chi connectivity index (χ2n) is 5.22. The van der Waals surface area contributed by atoms with Crippen LogP contribution in [-0.2, 0) is 19.1 Å². The van der Waals surface area contributed by atoms with Crippen LogP contribution in [0.15, 0.2) is 0 Å². The molecule has 2 rings (SSSR count). The molecule has 0 aromatic carbocycles. The molecule has 106 valence electrons. The number of carboxylic acids is 1. The molecule has 0 unspecified atom stereocenters. The molecular formula is C13H19NO5. The summed E-state index contributed by atoms with van der Waals surface area (Å²) in [5, 5.41) is 11.8. The summed E-state index contributed by atoms with van der Waals surface area (Å²) in [5.41, 5.74) is 0. The molecule has 19 heavy (non-hydrogen) atoms. The third-order valence-corrected chi connectivity index (χ3v) is 3.78. The molecule has 0 spiro atoms. The van der Waals surface area contributed by atoms with Crippen molar-refractivity contribution in [3.05, 3.63) is 0 Å². The van der Waals surface area contributed by atoms with Gasteiger partial charge >= 0.3 is 5.97 Å². The third kappa shape index (κ3) is 3.53. The monoisotopic (exact) mass is 269 g/mol. The van der Waals surface area contributed by atoms with Crippen LogP contribution in [0.4, 0.5) is 0 Å². The van der Waals surface area contributed by atoms with Crippen molar-refractivity contribution in [2.45, 2.75) is 50.7 Å². The molecule has 1 saturated carbocycles. The first kappa shape index (κ1) is 14.0. The number of aliphatic carboxylic acids is 1. The van der Waals surface area contributed by atoms with Crippen LogP contribution >= 0.6 is 0 Å². The number of amides is 1. The third-order valence-electron chi connectivity index (χ3n) is 3.78. The predicted octanol–water partition coefficient (Wildman–Crippen LogP) is 0.494. The van der Waals surface area contributed by atoms with E-state index in [1.807, 2.05) is 0 Å². The Morgan fingerprint density at radius 1 is 1.32 bits per heavy atom. The maximum atomic E-state index is 11.9. The summed E-state index contributed by atoms with van der Waals surface area (Å²) in [6, 6.07) is -0.985. The number of nitrogens with one attached hydrogen (secondary N) is 1. The van der Waals surface area contributed by atoms with Crippen molar-refractivity contribution in [3.8, 4) is 0 Å². The van der Waals surface area contributed by atoms with E-state index in [1.54, 1.807) is 0 Å². The quantitative estimate of drug-likeness (QED) is 0.775. The predicted molar refractivity (Wildman–Crippen MR) is 65.5 cm³/mol. The zero-order chi connectivity index (χ0) is 13.8. The molecule has 1 saturated heterocycles. The largest absolute Gasteiger partial charge is 0.480 e. The molecule has 1 heterocycles. The van der Waals surface area contributed by atoms with Gasteiger partial charge < -0.3 is 15.2 Å². The van der Waals surface area contributed by atoms with Gasteiger partial charge in [0.05, 0.1) is 0 Å². The van der Waals surface area contributed by atoms with Gasteiger partial charge in [0.15, 0.2) is 0 Å². The average Bonchev–Trinajstić information content (AvgIpc) is 2.89. The fraction of sp³-hybridized carbons (Fsp3) is 0.769. The van der Waals surface area contributed by atoms with E-state index in [-0.39, 0.29) is 24.0 Å². The molecule has 1 aliphatic carbocycles. The van der Waals surface area contributed by atoms with Gasteiger partial charge in [-0.2, -0.15) is 0 Å². The number of Topliss-reactive ketones (excluding diaryl/α,β-unsaturated/α-hetero) is 1. The molecule has 2 fully saturated rings. The van der Waals surface area contributed by atoms with E-state index >= 15 is 0 Å². The number of carbonyl (C=O) groups is 3. The SMILES string of the molecule is O=C1CCC[C@@H]([C@H](NC(=O)[C@H]2CCCO2)C(=O)O)C1. The van der Waals surface area contributed by atoms with Crippen molar-refractivity contribution in [2.24, 2.45) is 5.92 Å². The van der Waals surface area contributed by atoms with E-state index in [2.05, 4.69) is 5.32 Å². The second-order valence-corrected chi connectivity index (χ2v) is 5.22. The van der Waals surface area contributed by atoms with E-state index in [9.17, 15) is 19.5 Å². The fourth-order valence-corrected chi connectivity index (χ4v) is 2.75. The lowest BCUT2D eigenvalue weighted by Crippen LogP contribution is -2.50. The van der Waals surface area contributed by atoms with Crippen molar-refractivity contribution in [1.82, 2.24) is 5.32 Å². The fourth-order valence-electron chi connectivity index (χ4n) is 2.75. The molecule has 0 aromatic heterocycles. The van der Waals surface area contributed by atoms with E-state index < -0.39 is 18.1 Å². The van der Waals surface area contributed by atoms with Gasteiger partial charge in [-0.25, -0.2) is 4.79 Å². The summed E-state index contributed by atoms with van der Waals surface area (Å²) in [4.78, 5) is 34.6. The Balaban J connectivity index is 1.97. The van der Waals surface area contributed by atoms with Gasteiger partial charge in [-0.1, -0.05) is 0 Å². The van der Waals surface area contributed by atoms with Gasteiger partial charge in [0.25, 0.3) is 0 Å². The molecule has 0 radical (unpaired) electrons. The normalized spacial score (nSPS) is 28.9. The van der Waals surface area contributed by atoms with Crippen molar-refractivity contribution in [3.63, 3.8) is 0 Å². The number of carbonyl (C=O) groups excluding carboxylic acids is 2. The average molecular weight is 269 g/mol. The van der Waals surface area contributed by atoms with Crippen LogP contribution < -0.4 is 5.32 Å². The molecule has 2 N–H and O–H groups in total. The number of hydrogen-bond acceptors (Lipinski definition) is 4. The van der Waals surface area contributed by atoms with Crippen LogP contribution in [0.25, 0.3) is 0 Å². The minimum absolute atomic E-state index is 0.0777. The van der Waals surface area contributed by atoms with Gasteiger partial charge in [-0.3, -0.25) is 9.59 Å². The van der Waals surface area contributed by atoms with Gasteiger partial charge in [0.2, 0.25) is 5.91 Å².